The van der Waals surface area contributed by atoms with Crippen LogP contribution in [0.25, 0.3) is 0 Å². The van der Waals surface area contributed by atoms with Crippen molar-refractivity contribution in [1.82, 2.24) is 10.6 Å². The average Bonchev–Trinajstić information content (AvgIpc) is 2.79. The zero-order chi connectivity index (χ0) is 19.8. The van der Waals surface area contributed by atoms with Crippen LogP contribution in [0.3, 0.4) is 0 Å². The van der Waals surface area contributed by atoms with Crippen LogP contribution in [0.4, 0.5) is 5.69 Å². The first-order valence-electron chi connectivity index (χ1n) is 8.53. The number of nitrogens with one attached hydrogen (secondary N) is 3. The third-order valence-electron chi connectivity index (χ3n) is 4.14. The molecule has 0 saturated heterocycles. The van der Waals surface area contributed by atoms with Crippen LogP contribution in [0, 0.1) is 0 Å². The van der Waals surface area contributed by atoms with Gasteiger partial charge in [0.15, 0.2) is 0 Å². The van der Waals surface area contributed by atoms with Crippen molar-refractivity contribution >= 4 is 41.1 Å². The number of para-hydroxylation sites is 1. The number of benzene rings is 1. The standard InChI is InChI=1S/C18H23N3O5S/c1-26-18(25)14(9-10-27-2)19-15(22)8-7-13-17(24)20-12-6-4-3-5-11(12)16(23)21-13/h3-6,13-14H,7-10H2,1-2H3,(H,19,22)(H,20,24)(H,21,23)/t13?,14-/m0/s1. The fourth-order valence-corrected chi connectivity index (χ4v) is 3.16. The Bertz CT molecular complexity index is 725. The lowest BCUT2D eigenvalue weighted by Gasteiger charge is -2.18. The molecule has 3 amide bonds. The van der Waals surface area contributed by atoms with Crippen LogP contribution in [0.15, 0.2) is 24.3 Å². The monoisotopic (exact) mass is 393 g/mol. The second kappa shape index (κ2) is 9.96. The Kier molecular flexibility index (Phi) is 7.66. The Hall–Kier alpha value is -2.55. The van der Waals surface area contributed by atoms with E-state index in [-0.39, 0.29) is 30.6 Å². The summed E-state index contributed by atoms with van der Waals surface area (Å²) in [6, 6.07) is 5.14. The number of thioether (sulfide) groups is 1. The summed E-state index contributed by atoms with van der Waals surface area (Å²) in [7, 11) is 1.27. The molecule has 3 N–H and O–H groups in total. The van der Waals surface area contributed by atoms with Gasteiger partial charge in [-0.05, 0) is 37.0 Å². The molecule has 1 aliphatic rings. The molecular weight excluding hydrogens is 370 g/mol. The second-order valence-corrected chi connectivity index (χ2v) is 7.01. The molecule has 0 aliphatic carbocycles. The molecule has 0 radical (unpaired) electrons. The van der Waals surface area contributed by atoms with Gasteiger partial charge in [0.1, 0.15) is 12.1 Å². The van der Waals surface area contributed by atoms with Gasteiger partial charge in [-0.1, -0.05) is 12.1 Å². The minimum Gasteiger partial charge on any atom is -0.467 e. The third kappa shape index (κ3) is 5.72. The Morgan fingerprint density at radius 3 is 2.74 bits per heavy atom. The highest BCUT2D eigenvalue weighted by Crippen LogP contribution is 2.19. The molecule has 0 aromatic heterocycles. The van der Waals surface area contributed by atoms with Gasteiger partial charge in [0.2, 0.25) is 11.8 Å². The van der Waals surface area contributed by atoms with E-state index in [0.29, 0.717) is 23.4 Å². The van der Waals surface area contributed by atoms with E-state index >= 15 is 0 Å². The number of carbonyl (C=O) groups excluding carboxylic acids is 4. The molecule has 2 rings (SSSR count). The highest BCUT2D eigenvalue weighted by molar-refractivity contribution is 7.98. The Labute approximate surface area is 161 Å². The number of fused-ring (bicyclic) bond motifs is 1. The van der Waals surface area contributed by atoms with Crippen LogP contribution in [0.2, 0.25) is 0 Å². The van der Waals surface area contributed by atoms with Crippen molar-refractivity contribution < 1.29 is 23.9 Å². The predicted molar refractivity (Wildman–Crippen MR) is 103 cm³/mol. The van der Waals surface area contributed by atoms with Gasteiger partial charge in [0.05, 0.1) is 18.4 Å². The lowest BCUT2D eigenvalue weighted by atomic mass is 10.1. The molecule has 9 heteroatoms. The lowest BCUT2D eigenvalue weighted by Crippen LogP contribution is -2.44. The Morgan fingerprint density at radius 2 is 2.04 bits per heavy atom. The van der Waals surface area contributed by atoms with Crippen LogP contribution in [0.1, 0.15) is 29.6 Å². The number of methoxy groups -OCH3 is 1. The number of hydrogen-bond acceptors (Lipinski definition) is 6. The molecule has 8 nitrogen and oxygen atoms in total. The van der Waals surface area contributed by atoms with Crippen LogP contribution < -0.4 is 16.0 Å². The molecule has 0 saturated carbocycles. The summed E-state index contributed by atoms with van der Waals surface area (Å²) in [5.41, 5.74) is 0.815. The smallest absolute Gasteiger partial charge is 0.328 e. The first-order chi connectivity index (χ1) is 13.0. The molecule has 1 unspecified atom stereocenters. The largest absolute Gasteiger partial charge is 0.467 e. The summed E-state index contributed by atoms with van der Waals surface area (Å²) in [6.45, 7) is 0. The van der Waals surface area contributed by atoms with Gasteiger partial charge in [0.25, 0.3) is 5.91 Å². The highest BCUT2D eigenvalue weighted by Gasteiger charge is 2.28. The van der Waals surface area contributed by atoms with Crippen LogP contribution in [-0.2, 0) is 19.1 Å². The maximum atomic E-state index is 12.3. The molecule has 1 aromatic carbocycles. The highest BCUT2D eigenvalue weighted by atomic mass is 32.2. The number of carbonyl (C=O) groups is 4. The number of esters is 1. The number of hydrogen-bond donors (Lipinski definition) is 3. The molecule has 1 aliphatic heterocycles. The summed E-state index contributed by atoms with van der Waals surface area (Å²) in [5.74, 6) is -0.946. The molecule has 0 spiro atoms. The first-order valence-corrected chi connectivity index (χ1v) is 9.92. The van der Waals surface area contributed by atoms with E-state index in [1.54, 1.807) is 36.0 Å². The summed E-state index contributed by atoms with van der Waals surface area (Å²) in [4.78, 5) is 48.5. The summed E-state index contributed by atoms with van der Waals surface area (Å²) in [6.07, 6.45) is 2.46. The van der Waals surface area contributed by atoms with Crippen LogP contribution >= 0.6 is 11.8 Å². The molecule has 1 aromatic rings. The summed E-state index contributed by atoms with van der Waals surface area (Å²) >= 11 is 1.56. The molecular formula is C18H23N3O5S. The zero-order valence-electron chi connectivity index (χ0n) is 15.2. The van der Waals surface area contributed by atoms with Gasteiger partial charge in [0, 0.05) is 6.42 Å². The first kappa shape index (κ1) is 20.8. The van der Waals surface area contributed by atoms with Gasteiger partial charge in [-0.2, -0.15) is 11.8 Å². The average molecular weight is 393 g/mol. The van der Waals surface area contributed by atoms with Crippen molar-refractivity contribution in [2.24, 2.45) is 0 Å². The van der Waals surface area contributed by atoms with Crippen molar-refractivity contribution in [3.05, 3.63) is 29.8 Å². The molecule has 27 heavy (non-hydrogen) atoms. The van der Waals surface area contributed by atoms with E-state index < -0.39 is 18.1 Å². The van der Waals surface area contributed by atoms with Crippen LogP contribution in [0.5, 0.6) is 0 Å². The van der Waals surface area contributed by atoms with Crippen molar-refractivity contribution in [3.63, 3.8) is 0 Å². The summed E-state index contributed by atoms with van der Waals surface area (Å²) < 4.78 is 4.70. The minimum absolute atomic E-state index is 0.0124. The summed E-state index contributed by atoms with van der Waals surface area (Å²) in [5, 5.41) is 7.96. The third-order valence-corrected chi connectivity index (χ3v) is 4.79. The number of amides is 3. The van der Waals surface area contributed by atoms with Gasteiger partial charge in [-0.25, -0.2) is 4.79 Å². The predicted octanol–water partition coefficient (Wildman–Crippen LogP) is 0.928. The molecule has 0 fully saturated rings. The van der Waals surface area contributed by atoms with E-state index in [2.05, 4.69) is 16.0 Å². The van der Waals surface area contributed by atoms with E-state index in [4.69, 9.17) is 4.74 Å². The molecule has 1 heterocycles. The Balaban J connectivity index is 1.93. The number of ether oxygens (including phenoxy) is 1. The fourth-order valence-electron chi connectivity index (χ4n) is 2.68. The maximum absolute atomic E-state index is 12.3. The van der Waals surface area contributed by atoms with E-state index in [1.165, 1.54) is 7.11 Å². The van der Waals surface area contributed by atoms with Crippen molar-refractivity contribution in [1.29, 1.82) is 0 Å². The number of rotatable bonds is 8. The normalized spacial score (nSPS) is 17.0. The van der Waals surface area contributed by atoms with Crippen molar-refractivity contribution in [2.75, 3.05) is 24.4 Å². The van der Waals surface area contributed by atoms with E-state index in [1.807, 2.05) is 6.26 Å². The zero-order valence-corrected chi connectivity index (χ0v) is 16.1. The van der Waals surface area contributed by atoms with E-state index in [9.17, 15) is 19.2 Å². The molecule has 0 bridgehead atoms. The minimum atomic E-state index is -0.835. The molecule has 146 valence electrons. The van der Waals surface area contributed by atoms with Gasteiger partial charge < -0.3 is 20.7 Å². The topological polar surface area (TPSA) is 114 Å². The maximum Gasteiger partial charge on any atom is 0.328 e. The van der Waals surface area contributed by atoms with Gasteiger partial charge >= 0.3 is 5.97 Å². The van der Waals surface area contributed by atoms with Crippen molar-refractivity contribution in [3.8, 4) is 0 Å². The van der Waals surface area contributed by atoms with Crippen molar-refractivity contribution in [2.45, 2.75) is 31.3 Å². The fraction of sp³-hybridized carbons (Fsp3) is 0.444. The van der Waals surface area contributed by atoms with Crippen LogP contribution in [-0.4, -0.2) is 54.9 Å². The van der Waals surface area contributed by atoms with E-state index in [0.717, 1.165) is 0 Å². The van der Waals surface area contributed by atoms with Gasteiger partial charge in [-0.15, -0.1) is 0 Å². The molecule has 2 atom stereocenters. The second-order valence-electron chi connectivity index (χ2n) is 6.02. The lowest BCUT2D eigenvalue weighted by molar-refractivity contribution is -0.145. The van der Waals surface area contributed by atoms with Gasteiger partial charge in [-0.3, -0.25) is 14.4 Å². The number of anilines is 1. The quantitative estimate of drug-likeness (QED) is 0.566. The Morgan fingerprint density at radius 1 is 1.30 bits per heavy atom. The SMILES string of the molecule is COC(=O)[C@H](CCSC)NC(=O)CCC1NC(=O)c2ccccc2NC1=O.